The lowest BCUT2D eigenvalue weighted by Crippen LogP contribution is -2.40. The molecule has 0 bridgehead atoms. The Morgan fingerprint density at radius 1 is 1.30 bits per heavy atom. The van der Waals surface area contributed by atoms with Crippen LogP contribution in [0.4, 0.5) is 5.69 Å². The molecule has 0 radical (unpaired) electrons. The second kappa shape index (κ2) is 10.00. The molecule has 30 heavy (non-hydrogen) atoms. The summed E-state index contributed by atoms with van der Waals surface area (Å²) in [7, 11) is 0. The highest BCUT2D eigenvalue weighted by atomic mass is 32.1. The molecule has 4 rings (SSSR count). The van der Waals surface area contributed by atoms with Gasteiger partial charge in [0.05, 0.1) is 17.3 Å². The maximum atomic E-state index is 12.8. The normalized spacial score (nSPS) is 17.2. The van der Waals surface area contributed by atoms with Crippen molar-refractivity contribution in [3.8, 4) is 10.7 Å². The number of thiophene rings is 1. The third-order valence-electron chi connectivity index (χ3n) is 5.49. The number of carbonyl (C=O) groups is 1. The Kier molecular flexibility index (Phi) is 6.92. The second-order valence-corrected chi connectivity index (χ2v) is 8.80. The number of rotatable bonds is 8. The van der Waals surface area contributed by atoms with Gasteiger partial charge in [-0.3, -0.25) is 9.69 Å². The van der Waals surface area contributed by atoms with E-state index in [1.54, 1.807) is 11.3 Å². The first kappa shape index (κ1) is 20.8. The third kappa shape index (κ3) is 5.34. The fourth-order valence-corrected chi connectivity index (χ4v) is 4.46. The maximum absolute atomic E-state index is 12.8. The molecule has 158 valence electrons. The van der Waals surface area contributed by atoms with Gasteiger partial charge in [0.25, 0.3) is 0 Å². The Bertz CT molecular complexity index is 937. The van der Waals surface area contributed by atoms with Crippen LogP contribution in [0.25, 0.3) is 10.7 Å². The lowest BCUT2D eigenvalue weighted by Gasteiger charge is -2.30. The van der Waals surface area contributed by atoms with Crippen molar-refractivity contribution in [1.82, 2.24) is 15.0 Å². The highest BCUT2D eigenvalue weighted by molar-refractivity contribution is 7.13. The van der Waals surface area contributed by atoms with Gasteiger partial charge in [0.15, 0.2) is 0 Å². The molecule has 0 spiro atoms. The number of carbonyl (C=O) groups excluding carboxylic acids is 1. The zero-order valence-corrected chi connectivity index (χ0v) is 18.2. The molecule has 2 aromatic heterocycles. The smallest absolute Gasteiger partial charge is 0.241 e. The zero-order valence-electron chi connectivity index (χ0n) is 17.3. The summed E-state index contributed by atoms with van der Waals surface area (Å²) in [6.07, 6.45) is 5.36. The Morgan fingerprint density at radius 2 is 2.17 bits per heavy atom. The van der Waals surface area contributed by atoms with Crippen LogP contribution in [-0.4, -0.2) is 34.0 Å². The number of amides is 1. The monoisotopic (exact) mass is 424 g/mol. The molecule has 1 atom stereocenters. The molecule has 1 aromatic carbocycles. The average Bonchev–Trinajstić information content (AvgIpc) is 3.45. The van der Waals surface area contributed by atoms with Crippen molar-refractivity contribution >= 4 is 22.9 Å². The molecular formula is C23H28N4O2S. The summed E-state index contributed by atoms with van der Waals surface area (Å²) >= 11 is 1.59. The largest absolute Gasteiger partial charge is 0.338 e. The van der Waals surface area contributed by atoms with Gasteiger partial charge in [0.1, 0.15) is 0 Å². The molecule has 1 amide bonds. The number of nitrogens with zero attached hydrogens (tertiary/aromatic N) is 3. The van der Waals surface area contributed by atoms with Gasteiger partial charge in [0, 0.05) is 12.2 Å². The standard InChI is InChI=1S/C23H28N4O2S/c1-2-3-6-17-9-11-19(12-10-17)24-23(28)18-7-4-13-27(15-18)16-21-25-22(26-29-21)20-8-5-14-30-20/h5,8-12,14,18H,2-4,6-7,13,15-16H2,1H3,(H,24,28). The minimum atomic E-state index is -0.0294. The van der Waals surface area contributed by atoms with Crippen LogP contribution in [-0.2, 0) is 17.8 Å². The van der Waals surface area contributed by atoms with E-state index in [1.807, 2.05) is 29.6 Å². The van der Waals surface area contributed by atoms with Gasteiger partial charge in [0.2, 0.25) is 17.6 Å². The average molecular weight is 425 g/mol. The first-order valence-electron chi connectivity index (χ1n) is 10.7. The predicted molar refractivity (Wildman–Crippen MR) is 119 cm³/mol. The molecular weight excluding hydrogens is 396 g/mol. The van der Waals surface area contributed by atoms with E-state index >= 15 is 0 Å². The Labute approximate surface area is 181 Å². The molecule has 3 aromatic rings. The van der Waals surface area contributed by atoms with E-state index < -0.39 is 0 Å². The maximum Gasteiger partial charge on any atom is 0.241 e. The van der Waals surface area contributed by atoms with Crippen LogP contribution >= 0.6 is 11.3 Å². The van der Waals surface area contributed by atoms with E-state index in [1.165, 1.54) is 18.4 Å². The number of anilines is 1. The van der Waals surface area contributed by atoms with Gasteiger partial charge in [-0.25, -0.2) is 0 Å². The van der Waals surface area contributed by atoms with Gasteiger partial charge in [-0.15, -0.1) is 11.3 Å². The van der Waals surface area contributed by atoms with Crippen LogP contribution < -0.4 is 5.32 Å². The molecule has 1 saturated heterocycles. The Balaban J connectivity index is 1.30. The van der Waals surface area contributed by atoms with E-state index in [9.17, 15) is 4.79 Å². The fraction of sp³-hybridized carbons (Fsp3) is 0.435. The molecule has 3 heterocycles. The summed E-state index contributed by atoms with van der Waals surface area (Å²) in [5.41, 5.74) is 2.19. The van der Waals surface area contributed by atoms with Crippen LogP contribution in [0, 0.1) is 5.92 Å². The molecule has 1 aliphatic heterocycles. The number of piperidine rings is 1. The van der Waals surface area contributed by atoms with Gasteiger partial charge < -0.3 is 9.84 Å². The highest BCUT2D eigenvalue weighted by Crippen LogP contribution is 2.24. The lowest BCUT2D eigenvalue weighted by atomic mass is 9.97. The quantitative estimate of drug-likeness (QED) is 0.551. The second-order valence-electron chi connectivity index (χ2n) is 7.85. The van der Waals surface area contributed by atoms with Gasteiger partial charge >= 0.3 is 0 Å². The van der Waals surface area contributed by atoms with E-state index in [-0.39, 0.29) is 11.8 Å². The fourth-order valence-electron chi connectivity index (χ4n) is 3.81. The van der Waals surface area contributed by atoms with Crippen molar-refractivity contribution < 1.29 is 9.32 Å². The number of hydrogen-bond donors (Lipinski definition) is 1. The van der Waals surface area contributed by atoms with Gasteiger partial charge in [-0.2, -0.15) is 4.98 Å². The topological polar surface area (TPSA) is 71.3 Å². The first-order chi connectivity index (χ1) is 14.7. The number of benzene rings is 1. The van der Waals surface area contributed by atoms with Crippen LogP contribution in [0.15, 0.2) is 46.3 Å². The summed E-state index contributed by atoms with van der Waals surface area (Å²) < 4.78 is 5.43. The van der Waals surface area contributed by atoms with Crippen LogP contribution in [0.3, 0.4) is 0 Å². The Morgan fingerprint density at radius 3 is 2.93 bits per heavy atom. The van der Waals surface area contributed by atoms with E-state index in [4.69, 9.17) is 4.52 Å². The van der Waals surface area contributed by atoms with Crippen molar-refractivity contribution in [1.29, 1.82) is 0 Å². The minimum Gasteiger partial charge on any atom is -0.338 e. The van der Waals surface area contributed by atoms with Crippen LogP contribution in [0.5, 0.6) is 0 Å². The molecule has 0 saturated carbocycles. The van der Waals surface area contributed by atoms with Crippen LogP contribution in [0.1, 0.15) is 44.1 Å². The van der Waals surface area contributed by atoms with E-state index in [0.29, 0.717) is 24.8 Å². The summed E-state index contributed by atoms with van der Waals surface area (Å²) in [6, 6.07) is 12.2. The third-order valence-corrected chi connectivity index (χ3v) is 6.35. The highest BCUT2D eigenvalue weighted by Gasteiger charge is 2.27. The molecule has 1 unspecified atom stereocenters. The zero-order chi connectivity index (χ0) is 20.8. The van der Waals surface area contributed by atoms with Gasteiger partial charge in [-0.05, 0) is 61.4 Å². The van der Waals surface area contributed by atoms with Crippen molar-refractivity contribution in [3.63, 3.8) is 0 Å². The summed E-state index contributed by atoms with van der Waals surface area (Å²) in [4.78, 5) is 20.5. The first-order valence-corrected chi connectivity index (χ1v) is 11.6. The molecule has 6 nitrogen and oxygen atoms in total. The molecule has 1 aliphatic rings. The number of aryl methyl sites for hydroxylation is 1. The van der Waals surface area contributed by atoms with Crippen molar-refractivity contribution in [2.24, 2.45) is 5.92 Å². The van der Waals surface area contributed by atoms with E-state index in [2.05, 4.69) is 39.4 Å². The van der Waals surface area contributed by atoms with Crippen LogP contribution in [0.2, 0.25) is 0 Å². The number of hydrogen-bond acceptors (Lipinski definition) is 6. The molecule has 1 fully saturated rings. The molecule has 0 aliphatic carbocycles. The van der Waals surface area contributed by atoms with E-state index in [0.717, 1.165) is 36.4 Å². The Hall–Kier alpha value is -2.51. The number of unbranched alkanes of at least 4 members (excludes halogenated alkanes) is 1. The van der Waals surface area contributed by atoms with Crippen molar-refractivity contribution in [2.75, 3.05) is 18.4 Å². The predicted octanol–water partition coefficient (Wildman–Crippen LogP) is 4.99. The lowest BCUT2D eigenvalue weighted by molar-refractivity contribution is -0.121. The SMILES string of the molecule is CCCCc1ccc(NC(=O)C2CCCN(Cc3nc(-c4cccs4)no3)C2)cc1. The van der Waals surface area contributed by atoms with Crippen molar-refractivity contribution in [2.45, 2.75) is 45.6 Å². The number of likely N-dealkylation sites (tertiary alicyclic amines) is 1. The summed E-state index contributed by atoms with van der Waals surface area (Å²) in [5.74, 6) is 1.29. The number of aromatic nitrogens is 2. The van der Waals surface area contributed by atoms with Crippen molar-refractivity contribution in [3.05, 3.63) is 53.2 Å². The molecule has 1 N–H and O–H groups in total. The number of nitrogens with one attached hydrogen (secondary N) is 1. The summed E-state index contributed by atoms with van der Waals surface area (Å²) in [5, 5.41) is 9.16. The molecule has 7 heteroatoms. The summed E-state index contributed by atoms with van der Waals surface area (Å²) in [6.45, 7) is 4.42. The van der Waals surface area contributed by atoms with Gasteiger partial charge in [-0.1, -0.05) is 36.7 Å². The minimum absolute atomic E-state index is 0.0294.